The molecule has 102 valence electrons. The predicted octanol–water partition coefficient (Wildman–Crippen LogP) is 3.19. The van der Waals surface area contributed by atoms with Crippen molar-refractivity contribution in [1.82, 2.24) is 14.6 Å². The fourth-order valence-corrected chi connectivity index (χ4v) is 2.34. The van der Waals surface area contributed by atoms with Gasteiger partial charge in [-0.1, -0.05) is 11.6 Å². The van der Waals surface area contributed by atoms with E-state index >= 15 is 0 Å². The maximum absolute atomic E-state index is 11.6. The summed E-state index contributed by atoms with van der Waals surface area (Å²) in [6, 6.07) is 4.96. The lowest BCUT2D eigenvalue weighted by molar-refractivity contribution is 0.0600. The van der Waals surface area contributed by atoms with Crippen LogP contribution in [0.15, 0.2) is 33.5 Å². The van der Waals surface area contributed by atoms with Crippen LogP contribution in [0.1, 0.15) is 10.4 Å². The third kappa shape index (κ3) is 2.08. The molecule has 3 heterocycles. The van der Waals surface area contributed by atoms with Gasteiger partial charge in [0.1, 0.15) is 0 Å². The smallest absolute Gasteiger partial charge is 0.339 e. The summed E-state index contributed by atoms with van der Waals surface area (Å²) in [7, 11) is 1.30. The molecule has 8 heteroatoms. The zero-order chi connectivity index (χ0) is 14.3. The standard InChI is InChI=1S/C12H7BrClN3O3/c1-19-12(18)6-4-7(14)10-15-16-11(17(10)5-6)8-2-3-9(13)20-8/h2-5H,1H3. The number of fused-ring (bicyclic) bond motifs is 1. The summed E-state index contributed by atoms with van der Waals surface area (Å²) in [6.07, 6.45) is 1.55. The molecule has 0 aliphatic rings. The number of esters is 1. The SMILES string of the molecule is COC(=O)c1cc(Cl)c2nnc(-c3ccc(Br)o3)n2c1. The van der Waals surface area contributed by atoms with Crippen molar-refractivity contribution in [1.29, 1.82) is 0 Å². The number of nitrogens with zero attached hydrogens (tertiary/aromatic N) is 3. The van der Waals surface area contributed by atoms with Crippen LogP contribution in [0.25, 0.3) is 17.2 Å². The highest BCUT2D eigenvalue weighted by atomic mass is 79.9. The van der Waals surface area contributed by atoms with Crippen molar-refractivity contribution in [3.8, 4) is 11.6 Å². The van der Waals surface area contributed by atoms with Crippen molar-refractivity contribution in [3.05, 3.63) is 39.7 Å². The second kappa shape index (κ2) is 4.92. The number of rotatable bonds is 2. The number of methoxy groups -OCH3 is 1. The summed E-state index contributed by atoms with van der Waals surface area (Å²) in [4.78, 5) is 11.6. The number of pyridine rings is 1. The average Bonchev–Trinajstić information content (AvgIpc) is 3.03. The van der Waals surface area contributed by atoms with Crippen molar-refractivity contribution < 1.29 is 13.9 Å². The number of furan rings is 1. The topological polar surface area (TPSA) is 69.6 Å². The van der Waals surface area contributed by atoms with Crippen LogP contribution >= 0.6 is 27.5 Å². The summed E-state index contributed by atoms with van der Waals surface area (Å²) in [5.74, 6) is 0.454. The molecule has 0 unspecified atom stereocenters. The third-order valence-corrected chi connectivity index (χ3v) is 3.38. The molecule has 0 fully saturated rings. The quantitative estimate of drug-likeness (QED) is 0.660. The molecule has 0 amide bonds. The molecule has 6 nitrogen and oxygen atoms in total. The van der Waals surface area contributed by atoms with E-state index in [-0.39, 0.29) is 0 Å². The van der Waals surface area contributed by atoms with E-state index in [9.17, 15) is 4.79 Å². The van der Waals surface area contributed by atoms with Gasteiger partial charge in [-0.3, -0.25) is 4.40 Å². The molecule has 0 radical (unpaired) electrons. The van der Waals surface area contributed by atoms with Gasteiger partial charge in [0.25, 0.3) is 0 Å². The van der Waals surface area contributed by atoms with Crippen molar-refractivity contribution >= 4 is 39.1 Å². The van der Waals surface area contributed by atoms with Crippen molar-refractivity contribution in [2.75, 3.05) is 7.11 Å². The Hall–Kier alpha value is -1.86. The molecular weight excluding hydrogens is 350 g/mol. The first kappa shape index (κ1) is 13.1. The Morgan fingerprint density at radius 1 is 1.45 bits per heavy atom. The van der Waals surface area contributed by atoms with Crippen LogP contribution in [0.4, 0.5) is 0 Å². The van der Waals surface area contributed by atoms with E-state index in [0.717, 1.165) is 0 Å². The Balaban J connectivity index is 2.24. The number of halogens is 2. The molecule has 0 saturated carbocycles. The number of hydrogen-bond acceptors (Lipinski definition) is 5. The Morgan fingerprint density at radius 2 is 2.25 bits per heavy atom. The van der Waals surface area contributed by atoms with Crippen LogP contribution < -0.4 is 0 Å². The first-order valence-corrected chi connectivity index (χ1v) is 6.65. The van der Waals surface area contributed by atoms with Gasteiger partial charge in [-0.05, 0) is 34.1 Å². The molecule has 0 saturated heterocycles. The second-order valence-corrected chi connectivity index (χ2v) is 5.08. The van der Waals surface area contributed by atoms with Crippen LogP contribution in [0.3, 0.4) is 0 Å². The maximum Gasteiger partial charge on any atom is 0.339 e. The summed E-state index contributed by atoms with van der Waals surface area (Å²) in [5, 5.41) is 8.31. The number of hydrogen-bond donors (Lipinski definition) is 0. The van der Waals surface area contributed by atoms with Gasteiger partial charge in [-0.15, -0.1) is 10.2 Å². The van der Waals surface area contributed by atoms with Gasteiger partial charge < -0.3 is 9.15 Å². The fraction of sp³-hybridized carbons (Fsp3) is 0.0833. The molecule has 0 aromatic carbocycles. The molecule has 0 N–H and O–H groups in total. The Kier molecular flexibility index (Phi) is 3.23. The summed E-state index contributed by atoms with van der Waals surface area (Å²) >= 11 is 9.32. The molecule has 0 atom stereocenters. The largest absolute Gasteiger partial charge is 0.465 e. The Morgan fingerprint density at radius 3 is 2.90 bits per heavy atom. The van der Waals surface area contributed by atoms with E-state index in [4.69, 9.17) is 16.0 Å². The predicted molar refractivity (Wildman–Crippen MR) is 74.7 cm³/mol. The summed E-state index contributed by atoms with van der Waals surface area (Å²) < 4.78 is 12.3. The van der Waals surface area contributed by atoms with Gasteiger partial charge >= 0.3 is 5.97 Å². The van der Waals surface area contributed by atoms with Crippen molar-refractivity contribution in [2.45, 2.75) is 0 Å². The minimum absolute atomic E-state index is 0.302. The molecule has 3 aromatic heterocycles. The molecule has 0 bridgehead atoms. The van der Waals surface area contributed by atoms with Crippen molar-refractivity contribution in [3.63, 3.8) is 0 Å². The third-order valence-electron chi connectivity index (χ3n) is 2.67. The van der Waals surface area contributed by atoms with E-state index in [1.54, 1.807) is 22.7 Å². The summed E-state index contributed by atoms with van der Waals surface area (Å²) in [6.45, 7) is 0. The number of aromatic nitrogens is 3. The van der Waals surface area contributed by atoms with Crippen LogP contribution in [-0.4, -0.2) is 27.7 Å². The van der Waals surface area contributed by atoms with Gasteiger partial charge in [0.15, 0.2) is 16.1 Å². The average molecular weight is 357 g/mol. The van der Waals surface area contributed by atoms with E-state index in [0.29, 0.717) is 32.5 Å². The minimum atomic E-state index is -0.492. The molecule has 0 aliphatic carbocycles. The number of carbonyl (C=O) groups excluding carboxylic acids is 1. The van der Waals surface area contributed by atoms with Gasteiger partial charge in [-0.2, -0.15) is 0 Å². The zero-order valence-electron chi connectivity index (χ0n) is 10.1. The van der Waals surface area contributed by atoms with Crippen LogP contribution in [0.5, 0.6) is 0 Å². The summed E-state index contributed by atoms with van der Waals surface area (Å²) in [5.41, 5.74) is 0.735. The van der Waals surface area contributed by atoms with Gasteiger partial charge in [-0.25, -0.2) is 4.79 Å². The maximum atomic E-state index is 11.6. The van der Waals surface area contributed by atoms with Crippen LogP contribution in [0.2, 0.25) is 5.02 Å². The first-order valence-electron chi connectivity index (χ1n) is 5.48. The Labute approximate surface area is 126 Å². The van der Waals surface area contributed by atoms with E-state index in [2.05, 4.69) is 30.9 Å². The van der Waals surface area contributed by atoms with E-state index < -0.39 is 5.97 Å². The number of carbonyl (C=O) groups is 1. The molecule has 0 aliphatic heterocycles. The highest BCUT2D eigenvalue weighted by Gasteiger charge is 2.17. The lowest BCUT2D eigenvalue weighted by atomic mass is 10.3. The van der Waals surface area contributed by atoms with Gasteiger partial charge in [0.2, 0.25) is 5.82 Å². The van der Waals surface area contributed by atoms with Crippen LogP contribution in [-0.2, 0) is 4.74 Å². The van der Waals surface area contributed by atoms with Gasteiger partial charge in [0.05, 0.1) is 17.7 Å². The molecular formula is C12H7BrClN3O3. The number of ether oxygens (including phenoxy) is 1. The van der Waals surface area contributed by atoms with Crippen LogP contribution in [0, 0.1) is 0 Å². The molecule has 20 heavy (non-hydrogen) atoms. The lowest BCUT2D eigenvalue weighted by Crippen LogP contribution is -2.03. The van der Waals surface area contributed by atoms with Crippen molar-refractivity contribution in [2.24, 2.45) is 0 Å². The molecule has 3 rings (SSSR count). The minimum Gasteiger partial charge on any atom is -0.465 e. The van der Waals surface area contributed by atoms with Gasteiger partial charge in [0, 0.05) is 6.20 Å². The second-order valence-electron chi connectivity index (χ2n) is 3.89. The normalized spacial score (nSPS) is 10.9. The lowest BCUT2D eigenvalue weighted by Gasteiger charge is -2.03. The van der Waals surface area contributed by atoms with E-state index in [1.807, 2.05) is 0 Å². The first-order chi connectivity index (χ1) is 9.60. The Bertz CT molecular complexity index is 811. The monoisotopic (exact) mass is 355 g/mol. The highest BCUT2D eigenvalue weighted by Crippen LogP contribution is 2.27. The molecule has 3 aromatic rings. The molecule has 0 spiro atoms. The zero-order valence-corrected chi connectivity index (χ0v) is 12.5. The van der Waals surface area contributed by atoms with E-state index in [1.165, 1.54) is 13.2 Å². The highest BCUT2D eigenvalue weighted by molar-refractivity contribution is 9.10. The fourth-order valence-electron chi connectivity index (χ4n) is 1.79.